The molecule has 0 fully saturated rings. The SMILES string of the molecule is CNc1cncc(NCc2cccc(C)n2)c1. The number of hydrogen-bond donors (Lipinski definition) is 2. The van der Waals surface area contributed by atoms with Gasteiger partial charge >= 0.3 is 0 Å². The van der Waals surface area contributed by atoms with Crippen LogP contribution < -0.4 is 10.6 Å². The van der Waals surface area contributed by atoms with Gasteiger partial charge < -0.3 is 10.6 Å². The van der Waals surface area contributed by atoms with E-state index < -0.39 is 0 Å². The molecule has 0 saturated carbocycles. The fourth-order valence-corrected chi connectivity index (χ4v) is 1.56. The normalized spacial score (nSPS) is 10.0. The van der Waals surface area contributed by atoms with Crippen LogP contribution in [-0.2, 0) is 6.54 Å². The van der Waals surface area contributed by atoms with E-state index in [9.17, 15) is 0 Å². The first-order valence-electron chi connectivity index (χ1n) is 5.57. The lowest BCUT2D eigenvalue weighted by Crippen LogP contribution is -2.03. The number of pyridine rings is 2. The van der Waals surface area contributed by atoms with Gasteiger partial charge in [-0.3, -0.25) is 9.97 Å². The largest absolute Gasteiger partial charge is 0.387 e. The van der Waals surface area contributed by atoms with Crippen molar-refractivity contribution in [1.82, 2.24) is 9.97 Å². The summed E-state index contributed by atoms with van der Waals surface area (Å²) in [5.41, 5.74) is 4.04. The van der Waals surface area contributed by atoms with E-state index in [4.69, 9.17) is 0 Å². The second kappa shape index (κ2) is 5.30. The van der Waals surface area contributed by atoms with Crippen LogP contribution in [0.2, 0.25) is 0 Å². The van der Waals surface area contributed by atoms with Gasteiger partial charge in [-0.25, -0.2) is 0 Å². The molecule has 0 spiro atoms. The lowest BCUT2D eigenvalue weighted by atomic mass is 10.3. The highest BCUT2D eigenvalue weighted by molar-refractivity contribution is 5.53. The maximum atomic E-state index is 4.43. The average molecular weight is 228 g/mol. The Hall–Kier alpha value is -2.10. The molecule has 0 amide bonds. The minimum Gasteiger partial charge on any atom is -0.387 e. The van der Waals surface area contributed by atoms with Crippen molar-refractivity contribution in [3.63, 3.8) is 0 Å². The maximum absolute atomic E-state index is 4.43. The van der Waals surface area contributed by atoms with Crippen molar-refractivity contribution >= 4 is 11.4 Å². The molecule has 2 aromatic heterocycles. The Kier molecular flexibility index (Phi) is 3.55. The zero-order valence-corrected chi connectivity index (χ0v) is 10.1. The zero-order valence-electron chi connectivity index (χ0n) is 10.1. The van der Waals surface area contributed by atoms with Crippen LogP contribution in [0.15, 0.2) is 36.7 Å². The molecule has 4 nitrogen and oxygen atoms in total. The molecule has 0 saturated heterocycles. The highest BCUT2D eigenvalue weighted by Crippen LogP contribution is 2.12. The smallest absolute Gasteiger partial charge is 0.0597 e. The van der Waals surface area contributed by atoms with Crippen LogP contribution in [0.5, 0.6) is 0 Å². The second-order valence-corrected chi connectivity index (χ2v) is 3.84. The molecule has 0 aromatic carbocycles. The summed E-state index contributed by atoms with van der Waals surface area (Å²) in [7, 11) is 1.88. The molecule has 17 heavy (non-hydrogen) atoms. The monoisotopic (exact) mass is 228 g/mol. The van der Waals surface area contributed by atoms with Crippen molar-refractivity contribution in [2.75, 3.05) is 17.7 Å². The topological polar surface area (TPSA) is 49.8 Å². The number of nitrogens with zero attached hydrogens (tertiary/aromatic N) is 2. The fourth-order valence-electron chi connectivity index (χ4n) is 1.56. The molecular weight excluding hydrogens is 212 g/mol. The second-order valence-electron chi connectivity index (χ2n) is 3.84. The lowest BCUT2D eigenvalue weighted by molar-refractivity contribution is 1.01. The Morgan fingerprint density at radius 2 is 2.00 bits per heavy atom. The molecular formula is C13H16N4. The zero-order chi connectivity index (χ0) is 12.1. The minimum absolute atomic E-state index is 0.705. The van der Waals surface area contributed by atoms with E-state index in [1.165, 1.54) is 0 Å². The van der Waals surface area contributed by atoms with Crippen LogP contribution >= 0.6 is 0 Å². The minimum atomic E-state index is 0.705. The van der Waals surface area contributed by atoms with E-state index in [0.29, 0.717) is 6.54 Å². The van der Waals surface area contributed by atoms with Crippen molar-refractivity contribution in [3.8, 4) is 0 Å². The van der Waals surface area contributed by atoms with E-state index in [1.54, 1.807) is 12.4 Å². The summed E-state index contributed by atoms with van der Waals surface area (Å²) in [5, 5.41) is 6.35. The molecule has 2 heterocycles. The molecule has 0 aliphatic carbocycles. The number of hydrogen-bond acceptors (Lipinski definition) is 4. The Labute approximate surface area is 101 Å². The number of rotatable bonds is 4. The Balaban J connectivity index is 2.02. The Morgan fingerprint density at radius 1 is 1.18 bits per heavy atom. The van der Waals surface area contributed by atoms with Crippen molar-refractivity contribution in [2.45, 2.75) is 13.5 Å². The van der Waals surface area contributed by atoms with Crippen LogP contribution in [0, 0.1) is 6.92 Å². The Morgan fingerprint density at radius 3 is 2.76 bits per heavy atom. The molecule has 0 aliphatic rings. The van der Waals surface area contributed by atoms with Gasteiger partial charge in [0.25, 0.3) is 0 Å². The van der Waals surface area contributed by atoms with Crippen molar-refractivity contribution in [3.05, 3.63) is 48.0 Å². The van der Waals surface area contributed by atoms with Gasteiger partial charge in [0.05, 0.1) is 36.0 Å². The first-order valence-corrected chi connectivity index (χ1v) is 5.57. The quantitative estimate of drug-likeness (QED) is 0.844. The van der Waals surface area contributed by atoms with Crippen molar-refractivity contribution in [2.24, 2.45) is 0 Å². The van der Waals surface area contributed by atoms with Crippen LogP contribution in [0.3, 0.4) is 0 Å². The summed E-state index contributed by atoms with van der Waals surface area (Å²) in [4.78, 5) is 8.57. The van der Waals surface area contributed by atoms with Crippen LogP contribution in [0.25, 0.3) is 0 Å². The van der Waals surface area contributed by atoms with Gasteiger partial charge in [-0.1, -0.05) is 6.07 Å². The maximum Gasteiger partial charge on any atom is 0.0597 e. The predicted octanol–water partition coefficient (Wildman–Crippen LogP) is 2.44. The van der Waals surface area contributed by atoms with Crippen molar-refractivity contribution in [1.29, 1.82) is 0 Å². The standard InChI is InChI=1S/C13H16N4/c1-10-4-3-5-11(17-10)9-16-13-6-12(14-2)7-15-8-13/h3-8,14,16H,9H2,1-2H3. The fraction of sp³-hybridized carbons (Fsp3) is 0.231. The summed E-state index contributed by atoms with van der Waals surface area (Å²) in [6, 6.07) is 8.03. The Bertz CT molecular complexity index is 496. The van der Waals surface area contributed by atoms with Gasteiger partial charge in [-0.05, 0) is 25.1 Å². The van der Waals surface area contributed by atoms with Gasteiger partial charge in [0, 0.05) is 12.7 Å². The number of aromatic nitrogens is 2. The first-order chi connectivity index (χ1) is 8.28. The molecule has 0 aliphatic heterocycles. The molecule has 0 radical (unpaired) electrons. The van der Waals surface area contributed by atoms with Crippen molar-refractivity contribution < 1.29 is 0 Å². The predicted molar refractivity (Wildman–Crippen MR) is 70.1 cm³/mol. The molecule has 2 rings (SSSR count). The van der Waals surface area contributed by atoms with Crippen LogP contribution in [0.1, 0.15) is 11.4 Å². The summed E-state index contributed by atoms with van der Waals surface area (Å²) < 4.78 is 0. The first kappa shape index (κ1) is 11.4. The van der Waals surface area contributed by atoms with E-state index in [1.807, 2.05) is 38.2 Å². The molecule has 4 heteroatoms. The van der Waals surface area contributed by atoms with Gasteiger partial charge in [-0.2, -0.15) is 0 Å². The molecule has 88 valence electrons. The highest BCUT2D eigenvalue weighted by Gasteiger charge is 1.97. The van der Waals surface area contributed by atoms with Gasteiger partial charge in [-0.15, -0.1) is 0 Å². The highest BCUT2D eigenvalue weighted by atomic mass is 14.9. The average Bonchev–Trinajstić information content (AvgIpc) is 2.37. The molecule has 2 aromatic rings. The lowest BCUT2D eigenvalue weighted by Gasteiger charge is -2.07. The van der Waals surface area contributed by atoms with Gasteiger partial charge in [0.2, 0.25) is 0 Å². The number of nitrogens with one attached hydrogen (secondary N) is 2. The summed E-state index contributed by atoms with van der Waals surface area (Å²) in [6.07, 6.45) is 3.59. The van der Waals surface area contributed by atoms with Crippen LogP contribution in [0.4, 0.5) is 11.4 Å². The van der Waals surface area contributed by atoms with E-state index in [-0.39, 0.29) is 0 Å². The molecule has 2 N–H and O–H groups in total. The van der Waals surface area contributed by atoms with E-state index in [2.05, 4.69) is 20.6 Å². The number of anilines is 2. The molecule has 0 unspecified atom stereocenters. The van der Waals surface area contributed by atoms with E-state index >= 15 is 0 Å². The van der Waals surface area contributed by atoms with Crippen LogP contribution in [-0.4, -0.2) is 17.0 Å². The third-order valence-electron chi connectivity index (χ3n) is 2.45. The number of aryl methyl sites for hydroxylation is 1. The summed E-state index contributed by atoms with van der Waals surface area (Å²) in [5.74, 6) is 0. The summed E-state index contributed by atoms with van der Waals surface area (Å²) >= 11 is 0. The van der Waals surface area contributed by atoms with Gasteiger partial charge in [0.15, 0.2) is 0 Å². The third kappa shape index (κ3) is 3.17. The molecule has 0 atom stereocenters. The summed E-state index contributed by atoms with van der Waals surface area (Å²) in [6.45, 7) is 2.70. The third-order valence-corrected chi connectivity index (χ3v) is 2.45. The van der Waals surface area contributed by atoms with Gasteiger partial charge in [0.1, 0.15) is 0 Å². The molecule has 0 bridgehead atoms. The van der Waals surface area contributed by atoms with E-state index in [0.717, 1.165) is 22.8 Å².